The van der Waals surface area contributed by atoms with Crippen molar-refractivity contribution in [3.63, 3.8) is 0 Å². The van der Waals surface area contributed by atoms with E-state index in [1.807, 2.05) is 4.90 Å². The van der Waals surface area contributed by atoms with Gasteiger partial charge in [-0.3, -0.25) is 4.79 Å². The molecule has 0 saturated carbocycles. The molecule has 0 atom stereocenters. The number of nitrogens with zero attached hydrogens (tertiary/aromatic N) is 1. The van der Waals surface area contributed by atoms with Crippen LogP contribution in [0.4, 0.5) is 0 Å². The van der Waals surface area contributed by atoms with Gasteiger partial charge in [-0.25, -0.2) is 4.79 Å². The Bertz CT molecular complexity index is 761. The number of halogens is 1. The Morgan fingerprint density at radius 3 is 2.70 bits per heavy atom. The number of hydrogen-bond acceptors (Lipinski definition) is 5. The summed E-state index contributed by atoms with van der Waals surface area (Å²) in [6, 6.07) is 6.54. The van der Waals surface area contributed by atoms with Gasteiger partial charge in [-0.15, -0.1) is 11.3 Å². The molecule has 1 aliphatic rings. The smallest absolute Gasteiger partial charge is 0.339 e. The Hall–Kier alpha value is -1.79. The molecule has 1 saturated heterocycles. The summed E-state index contributed by atoms with van der Waals surface area (Å²) in [6.07, 6.45) is 1.45. The highest BCUT2D eigenvalue weighted by molar-refractivity contribution is 7.17. The lowest BCUT2D eigenvalue weighted by Crippen LogP contribution is -2.41. The van der Waals surface area contributed by atoms with Crippen LogP contribution < -0.4 is 10.4 Å². The molecule has 5 nitrogen and oxygen atoms in total. The van der Waals surface area contributed by atoms with Gasteiger partial charge in [-0.1, -0.05) is 11.6 Å². The van der Waals surface area contributed by atoms with Gasteiger partial charge in [0, 0.05) is 32.0 Å². The zero-order valence-corrected chi connectivity index (χ0v) is 14.2. The molecule has 122 valence electrons. The van der Waals surface area contributed by atoms with Gasteiger partial charge in [0.2, 0.25) is 0 Å². The standard InChI is InChI=1S/C16H16ClNO4S/c1-10-8-12(9-15(19)21-10)22-11-4-6-18(7-5-11)16(20)13-2-3-14(17)23-13/h2-3,8-9,11H,4-7H2,1H3. The lowest BCUT2D eigenvalue weighted by atomic mass is 10.1. The van der Waals surface area contributed by atoms with Crippen molar-refractivity contribution in [3.8, 4) is 5.75 Å². The maximum Gasteiger partial charge on any atom is 0.339 e. The second-order valence-corrected chi connectivity index (χ2v) is 7.15. The zero-order chi connectivity index (χ0) is 16.4. The Labute approximate surface area is 142 Å². The summed E-state index contributed by atoms with van der Waals surface area (Å²) in [5.41, 5.74) is -0.415. The van der Waals surface area contributed by atoms with Gasteiger partial charge >= 0.3 is 5.63 Å². The van der Waals surface area contributed by atoms with Crippen molar-refractivity contribution < 1.29 is 13.9 Å². The van der Waals surface area contributed by atoms with E-state index in [9.17, 15) is 9.59 Å². The van der Waals surface area contributed by atoms with Gasteiger partial charge in [0.1, 0.15) is 17.6 Å². The molecular formula is C16H16ClNO4S. The minimum absolute atomic E-state index is 0.00725. The molecule has 2 aromatic heterocycles. The van der Waals surface area contributed by atoms with Crippen molar-refractivity contribution in [2.45, 2.75) is 25.9 Å². The third-order valence-electron chi connectivity index (χ3n) is 3.68. The van der Waals surface area contributed by atoms with Gasteiger partial charge in [-0.05, 0) is 19.1 Å². The summed E-state index contributed by atoms with van der Waals surface area (Å²) in [5.74, 6) is 1.06. The number of piperidine rings is 1. The molecule has 0 radical (unpaired) electrons. The molecule has 3 rings (SSSR count). The minimum atomic E-state index is -0.415. The normalized spacial score (nSPS) is 15.7. The van der Waals surface area contributed by atoms with E-state index in [1.165, 1.54) is 17.4 Å². The van der Waals surface area contributed by atoms with Gasteiger partial charge in [0.25, 0.3) is 5.91 Å². The van der Waals surface area contributed by atoms with Gasteiger partial charge in [-0.2, -0.15) is 0 Å². The van der Waals surface area contributed by atoms with Crippen molar-refractivity contribution in [2.24, 2.45) is 0 Å². The second kappa shape index (κ2) is 6.76. The van der Waals surface area contributed by atoms with Gasteiger partial charge in [0.15, 0.2) is 0 Å². The van der Waals surface area contributed by atoms with Crippen molar-refractivity contribution >= 4 is 28.8 Å². The van der Waals surface area contributed by atoms with Crippen LogP contribution in [0, 0.1) is 6.92 Å². The predicted molar refractivity (Wildman–Crippen MR) is 88.6 cm³/mol. The number of carbonyl (C=O) groups excluding carboxylic acids is 1. The third kappa shape index (κ3) is 3.95. The van der Waals surface area contributed by atoms with Crippen molar-refractivity contribution in [2.75, 3.05) is 13.1 Å². The molecule has 0 N–H and O–H groups in total. The Morgan fingerprint density at radius 2 is 2.09 bits per heavy atom. The molecule has 0 aromatic carbocycles. The fourth-order valence-electron chi connectivity index (χ4n) is 2.60. The molecule has 3 heterocycles. The van der Waals surface area contributed by atoms with Crippen LogP contribution >= 0.6 is 22.9 Å². The summed E-state index contributed by atoms with van der Waals surface area (Å²) in [6.45, 7) is 2.96. The molecule has 2 aromatic rings. The number of hydrogen-bond donors (Lipinski definition) is 0. The van der Waals surface area contributed by atoms with Crippen molar-refractivity contribution in [1.29, 1.82) is 0 Å². The molecule has 7 heteroatoms. The summed E-state index contributed by atoms with van der Waals surface area (Å²) in [4.78, 5) is 26.2. The van der Waals surface area contributed by atoms with E-state index in [-0.39, 0.29) is 12.0 Å². The molecule has 0 bridgehead atoms. The van der Waals surface area contributed by atoms with Crippen LogP contribution in [-0.2, 0) is 0 Å². The first kappa shape index (κ1) is 16.1. The van der Waals surface area contributed by atoms with Crippen molar-refractivity contribution in [1.82, 2.24) is 4.90 Å². The van der Waals surface area contributed by atoms with E-state index in [0.717, 1.165) is 12.8 Å². The maximum absolute atomic E-state index is 12.4. The molecule has 1 aliphatic heterocycles. The maximum atomic E-state index is 12.4. The number of amides is 1. The fourth-order valence-corrected chi connectivity index (χ4v) is 3.61. The van der Waals surface area contributed by atoms with Crippen molar-refractivity contribution in [3.05, 3.63) is 49.7 Å². The van der Waals surface area contributed by atoms with E-state index < -0.39 is 5.63 Å². The minimum Gasteiger partial charge on any atom is -0.490 e. The van der Waals surface area contributed by atoms with Crippen LogP contribution in [0.25, 0.3) is 0 Å². The van der Waals surface area contributed by atoms with Crippen LogP contribution in [0.15, 0.2) is 33.5 Å². The summed E-state index contributed by atoms with van der Waals surface area (Å²) >= 11 is 7.17. The van der Waals surface area contributed by atoms with Crippen LogP contribution in [0.3, 0.4) is 0 Å². The van der Waals surface area contributed by atoms with E-state index in [4.69, 9.17) is 20.8 Å². The summed E-state index contributed by atoms with van der Waals surface area (Å²) in [7, 11) is 0. The number of likely N-dealkylation sites (tertiary alicyclic amines) is 1. The average Bonchev–Trinajstić information content (AvgIpc) is 2.93. The highest BCUT2D eigenvalue weighted by atomic mass is 35.5. The Morgan fingerprint density at radius 1 is 1.35 bits per heavy atom. The first-order chi connectivity index (χ1) is 11.0. The van der Waals surface area contributed by atoms with Crippen LogP contribution in [0.1, 0.15) is 28.3 Å². The molecule has 1 amide bonds. The molecule has 1 fully saturated rings. The quantitative estimate of drug-likeness (QED) is 0.849. The van der Waals surface area contributed by atoms with Crippen LogP contribution in [-0.4, -0.2) is 30.0 Å². The lowest BCUT2D eigenvalue weighted by molar-refractivity contribution is 0.0599. The zero-order valence-electron chi connectivity index (χ0n) is 12.6. The molecule has 0 aliphatic carbocycles. The fraction of sp³-hybridized carbons (Fsp3) is 0.375. The van der Waals surface area contributed by atoms with E-state index >= 15 is 0 Å². The molecule has 23 heavy (non-hydrogen) atoms. The number of thiophene rings is 1. The van der Waals surface area contributed by atoms with Crippen LogP contribution in [0.2, 0.25) is 4.34 Å². The monoisotopic (exact) mass is 353 g/mol. The first-order valence-corrected chi connectivity index (χ1v) is 8.54. The van der Waals surface area contributed by atoms with Gasteiger partial charge in [0.05, 0.1) is 15.3 Å². The number of ether oxygens (including phenoxy) is 1. The Kier molecular flexibility index (Phi) is 4.73. The largest absolute Gasteiger partial charge is 0.490 e. The predicted octanol–water partition coefficient (Wildman–Crippen LogP) is 3.35. The van der Waals surface area contributed by atoms with Crippen LogP contribution in [0.5, 0.6) is 5.75 Å². The molecule has 0 spiro atoms. The number of aryl methyl sites for hydroxylation is 1. The van der Waals surface area contributed by atoms with E-state index in [2.05, 4.69) is 0 Å². The molecular weight excluding hydrogens is 338 g/mol. The summed E-state index contributed by atoms with van der Waals surface area (Å²) in [5, 5.41) is 0. The third-order valence-corrected chi connectivity index (χ3v) is 4.90. The first-order valence-electron chi connectivity index (χ1n) is 7.34. The lowest BCUT2D eigenvalue weighted by Gasteiger charge is -2.31. The Balaban J connectivity index is 1.58. The average molecular weight is 354 g/mol. The number of carbonyl (C=O) groups is 1. The number of rotatable bonds is 3. The van der Waals surface area contributed by atoms with E-state index in [0.29, 0.717) is 33.8 Å². The van der Waals surface area contributed by atoms with E-state index in [1.54, 1.807) is 25.1 Å². The van der Waals surface area contributed by atoms with Gasteiger partial charge < -0.3 is 14.1 Å². The summed E-state index contributed by atoms with van der Waals surface area (Å²) < 4.78 is 11.4. The molecule has 0 unspecified atom stereocenters. The SMILES string of the molecule is Cc1cc(OC2CCN(C(=O)c3ccc(Cl)s3)CC2)cc(=O)o1. The highest BCUT2D eigenvalue weighted by Gasteiger charge is 2.25. The topological polar surface area (TPSA) is 59.8 Å². The second-order valence-electron chi connectivity index (χ2n) is 5.44. The highest BCUT2D eigenvalue weighted by Crippen LogP contribution is 2.25.